The summed E-state index contributed by atoms with van der Waals surface area (Å²) in [6.07, 6.45) is 3.62. The molecule has 4 rings (SSSR count). The lowest BCUT2D eigenvalue weighted by atomic mass is 9.96. The van der Waals surface area contributed by atoms with Crippen LogP contribution < -0.4 is 15.4 Å². The van der Waals surface area contributed by atoms with Crippen molar-refractivity contribution in [2.24, 2.45) is 0 Å². The van der Waals surface area contributed by atoms with E-state index in [9.17, 15) is 5.11 Å². The number of β-amino-alcohol motifs (C(OH)–C–C–N with tert-alkyl or cyclic N) is 1. The lowest BCUT2D eigenvalue weighted by Gasteiger charge is -2.30. The average Bonchev–Trinajstić information content (AvgIpc) is 2.85. The minimum atomic E-state index is -0.427. The van der Waals surface area contributed by atoms with Crippen LogP contribution in [0.1, 0.15) is 29.7 Å². The number of likely N-dealkylation sites (N-methyl/N-ethyl adjacent to an activating group) is 1. The van der Waals surface area contributed by atoms with Gasteiger partial charge in [0.2, 0.25) is 5.95 Å². The van der Waals surface area contributed by atoms with Crippen LogP contribution in [0, 0.1) is 6.92 Å². The molecule has 0 saturated carbocycles. The number of fused-ring (bicyclic) bond motifs is 1. The third-order valence-electron chi connectivity index (χ3n) is 5.50. The number of alkyl halides is 1. The number of rotatable bonds is 4. The van der Waals surface area contributed by atoms with Crippen molar-refractivity contribution in [3.05, 3.63) is 47.2 Å². The molecule has 8 heteroatoms. The summed E-state index contributed by atoms with van der Waals surface area (Å²) < 4.78 is 6.39. The van der Waals surface area contributed by atoms with Crippen LogP contribution in [-0.4, -0.2) is 58.4 Å². The molecule has 2 aliphatic rings. The van der Waals surface area contributed by atoms with Gasteiger partial charge in [0.25, 0.3) is 0 Å². The van der Waals surface area contributed by atoms with Crippen molar-refractivity contribution in [2.45, 2.75) is 44.0 Å². The third-order valence-corrected chi connectivity index (χ3v) is 6.06. The lowest BCUT2D eigenvalue weighted by Crippen LogP contribution is -2.34. The first-order chi connectivity index (χ1) is 14.4. The summed E-state index contributed by atoms with van der Waals surface area (Å²) in [6.45, 7) is 2.47. The number of aliphatic hydroxyl groups excluding tert-OH is 1. The minimum Gasteiger partial charge on any atom is -0.470 e. The Morgan fingerprint density at radius 2 is 2.13 bits per heavy atom. The molecular formula is C22H28ClN5O2. The van der Waals surface area contributed by atoms with Crippen LogP contribution in [0.2, 0.25) is 0 Å². The molecule has 2 aromatic rings. The van der Waals surface area contributed by atoms with E-state index >= 15 is 0 Å². The van der Waals surface area contributed by atoms with Gasteiger partial charge in [0.15, 0.2) is 6.23 Å². The Bertz CT molecular complexity index is 951. The Morgan fingerprint density at radius 1 is 1.30 bits per heavy atom. The first-order valence-electron chi connectivity index (χ1n) is 10.3. The van der Waals surface area contributed by atoms with Crippen LogP contribution in [0.3, 0.4) is 0 Å². The second kappa shape index (κ2) is 8.79. The molecule has 3 heterocycles. The molecule has 0 saturated heterocycles. The molecule has 2 aliphatic heterocycles. The van der Waals surface area contributed by atoms with Crippen molar-refractivity contribution in [3.63, 3.8) is 0 Å². The largest absolute Gasteiger partial charge is 0.470 e. The normalized spacial score (nSPS) is 24.3. The molecule has 3 unspecified atom stereocenters. The maximum Gasteiger partial charge on any atom is 0.227 e. The maximum absolute atomic E-state index is 10.1. The van der Waals surface area contributed by atoms with Crippen LogP contribution in [0.5, 0.6) is 5.75 Å². The standard InChI is InChI=1S/C22H28ClN5O2/c1-13-11-18(24-2)26-22(25-13)27-19-10-7-14-5-4-6-16(20(14)30-19)17-9-8-15(29)12-28(3)21(17)23/h4-6,9,11,15,19,21,29H,7-8,10,12H2,1-3H3,(H2,24,25,26,27). The smallest absolute Gasteiger partial charge is 0.227 e. The number of aromatic nitrogens is 2. The van der Waals surface area contributed by atoms with Crippen LogP contribution >= 0.6 is 11.6 Å². The molecule has 3 N–H and O–H groups in total. The Hall–Kier alpha value is -2.35. The first-order valence-corrected chi connectivity index (χ1v) is 10.7. The number of nitrogens with one attached hydrogen (secondary N) is 2. The van der Waals surface area contributed by atoms with Crippen molar-refractivity contribution in [2.75, 3.05) is 31.3 Å². The van der Waals surface area contributed by atoms with E-state index in [4.69, 9.17) is 16.3 Å². The van der Waals surface area contributed by atoms with E-state index in [1.165, 1.54) is 0 Å². The van der Waals surface area contributed by atoms with Crippen LogP contribution in [0.15, 0.2) is 30.3 Å². The minimum absolute atomic E-state index is 0.242. The number of aliphatic hydroxyl groups is 1. The second-order valence-corrected chi connectivity index (χ2v) is 8.29. The number of para-hydroxylation sites is 1. The molecule has 0 bridgehead atoms. The summed E-state index contributed by atoms with van der Waals surface area (Å²) in [7, 11) is 3.76. The number of nitrogens with zero attached hydrogens (tertiary/aromatic N) is 3. The van der Waals surface area contributed by atoms with Crippen molar-refractivity contribution in [3.8, 4) is 5.75 Å². The predicted molar refractivity (Wildman–Crippen MR) is 120 cm³/mol. The second-order valence-electron chi connectivity index (χ2n) is 7.88. The van der Waals surface area contributed by atoms with Gasteiger partial charge in [0, 0.05) is 37.3 Å². The summed E-state index contributed by atoms with van der Waals surface area (Å²) in [5, 5.41) is 16.5. The van der Waals surface area contributed by atoms with Gasteiger partial charge in [0.1, 0.15) is 17.1 Å². The Kier molecular flexibility index (Phi) is 6.13. The maximum atomic E-state index is 10.1. The fraction of sp³-hybridized carbons (Fsp3) is 0.455. The quantitative estimate of drug-likeness (QED) is 0.508. The van der Waals surface area contributed by atoms with Gasteiger partial charge in [0.05, 0.1) is 6.10 Å². The van der Waals surface area contributed by atoms with Crippen molar-refractivity contribution in [1.82, 2.24) is 14.9 Å². The molecule has 0 fully saturated rings. The van der Waals surface area contributed by atoms with Crippen molar-refractivity contribution >= 4 is 28.9 Å². The summed E-state index contributed by atoms with van der Waals surface area (Å²) >= 11 is 6.75. The Morgan fingerprint density at radius 3 is 2.93 bits per heavy atom. The van der Waals surface area contributed by atoms with E-state index < -0.39 is 6.10 Å². The molecule has 160 valence electrons. The van der Waals surface area contributed by atoms with E-state index in [1.54, 1.807) is 0 Å². The van der Waals surface area contributed by atoms with Crippen LogP contribution in [0.25, 0.3) is 5.57 Å². The van der Waals surface area contributed by atoms with E-state index in [2.05, 4.69) is 26.7 Å². The zero-order valence-corrected chi connectivity index (χ0v) is 18.3. The van der Waals surface area contributed by atoms with E-state index in [-0.39, 0.29) is 11.7 Å². The SMILES string of the molecule is CNc1cc(C)nc(NC2CCc3cccc(C4=CCC(O)CN(C)C4Cl)c3O2)n1. The highest BCUT2D eigenvalue weighted by Crippen LogP contribution is 2.39. The van der Waals surface area contributed by atoms with Gasteiger partial charge in [-0.05, 0) is 37.9 Å². The molecule has 1 aromatic carbocycles. The molecule has 0 radical (unpaired) electrons. The highest BCUT2D eigenvalue weighted by atomic mass is 35.5. The highest BCUT2D eigenvalue weighted by Gasteiger charge is 2.29. The molecule has 3 atom stereocenters. The number of hydrogen-bond donors (Lipinski definition) is 3. The summed E-state index contributed by atoms with van der Waals surface area (Å²) in [5.74, 6) is 2.14. The van der Waals surface area contributed by atoms with Crippen molar-refractivity contribution < 1.29 is 9.84 Å². The number of ether oxygens (including phenoxy) is 1. The summed E-state index contributed by atoms with van der Waals surface area (Å²) in [4.78, 5) is 10.9. The molecule has 7 nitrogen and oxygen atoms in total. The summed E-state index contributed by atoms with van der Waals surface area (Å²) in [6, 6.07) is 8.07. The number of benzene rings is 1. The molecular weight excluding hydrogens is 402 g/mol. The number of halogens is 1. The summed E-state index contributed by atoms with van der Waals surface area (Å²) in [5.41, 5.74) is 3.65. The molecule has 0 spiro atoms. The van der Waals surface area contributed by atoms with Gasteiger partial charge in [-0.25, -0.2) is 4.98 Å². The monoisotopic (exact) mass is 429 g/mol. The molecule has 30 heavy (non-hydrogen) atoms. The number of aryl methyl sites for hydroxylation is 2. The van der Waals surface area contributed by atoms with Gasteiger partial charge < -0.3 is 20.5 Å². The molecule has 1 aromatic heterocycles. The Labute approximate surface area is 182 Å². The molecule has 0 aliphatic carbocycles. The van der Waals surface area contributed by atoms with E-state index in [1.807, 2.05) is 50.2 Å². The van der Waals surface area contributed by atoms with Crippen LogP contribution in [0.4, 0.5) is 11.8 Å². The number of hydrogen-bond acceptors (Lipinski definition) is 7. The average molecular weight is 430 g/mol. The molecule has 0 amide bonds. The van der Waals surface area contributed by atoms with Gasteiger partial charge in [-0.3, -0.25) is 4.90 Å². The fourth-order valence-electron chi connectivity index (χ4n) is 3.98. The number of anilines is 2. The topological polar surface area (TPSA) is 82.5 Å². The van der Waals surface area contributed by atoms with Gasteiger partial charge >= 0.3 is 0 Å². The zero-order valence-electron chi connectivity index (χ0n) is 17.5. The zero-order chi connectivity index (χ0) is 21.3. The lowest BCUT2D eigenvalue weighted by molar-refractivity contribution is 0.134. The van der Waals surface area contributed by atoms with E-state index in [0.717, 1.165) is 46.8 Å². The van der Waals surface area contributed by atoms with Crippen LogP contribution in [-0.2, 0) is 6.42 Å². The van der Waals surface area contributed by atoms with Gasteiger partial charge in [-0.15, -0.1) is 11.6 Å². The van der Waals surface area contributed by atoms with E-state index in [0.29, 0.717) is 18.9 Å². The predicted octanol–water partition coefficient (Wildman–Crippen LogP) is 3.23. The first kappa shape index (κ1) is 20.9. The fourth-order valence-corrected chi connectivity index (χ4v) is 4.26. The van der Waals surface area contributed by atoms with Crippen molar-refractivity contribution in [1.29, 1.82) is 0 Å². The van der Waals surface area contributed by atoms with Gasteiger partial charge in [-0.2, -0.15) is 4.98 Å². The third kappa shape index (κ3) is 4.38. The highest BCUT2D eigenvalue weighted by molar-refractivity contribution is 6.26. The Balaban J connectivity index is 1.61. The van der Waals surface area contributed by atoms with Gasteiger partial charge in [-0.1, -0.05) is 24.3 Å².